The van der Waals surface area contributed by atoms with Crippen molar-refractivity contribution in [3.8, 4) is 11.5 Å². The number of unbranched alkanes of at least 4 members (excludes halogenated alkanes) is 1. The fourth-order valence-electron chi connectivity index (χ4n) is 10.5. The van der Waals surface area contributed by atoms with Gasteiger partial charge in [0.15, 0.2) is 11.5 Å². The van der Waals surface area contributed by atoms with Crippen LogP contribution in [0, 0.1) is 56.5 Å². The van der Waals surface area contributed by atoms with Crippen LogP contribution in [-0.4, -0.2) is 59.8 Å². The average molecular weight is 686 g/mol. The van der Waals surface area contributed by atoms with Crippen LogP contribution in [0.2, 0.25) is 0 Å². The topological polar surface area (TPSA) is 155 Å². The molecule has 4 aliphatic rings. The highest BCUT2D eigenvalue weighted by atomic mass is 16.9. The van der Waals surface area contributed by atoms with Crippen molar-refractivity contribution in [3.05, 3.63) is 40.0 Å². The third-order valence-corrected chi connectivity index (χ3v) is 13.0. The number of carbonyl (C=O) groups excluding carboxylic acids is 2. The monoisotopic (exact) mass is 685 g/mol. The van der Waals surface area contributed by atoms with E-state index in [1.807, 2.05) is 0 Å². The van der Waals surface area contributed by atoms with E-state index in [9.17, 15) is 29.9 Å². The third-order valence-electron chi connectivity index (χ3n) is 13.0. The minimum absolute atomic E-state index is 0.0447. The summed E-state index contributed by atoms with van der Waals surface area (Å²) < 4.78 is 16.3. The largest absolute Gasteiger partial charge is 0.493 e. The highest BCUT2D eigenvalue weighted by molar-refractivity contribution is 5.87. The number of nitrogens with zero attached hydrogens (tertiary/aromatic N) is 1. The molecular formula is C38H55NO10. The Morgan fingerprint density at radius 2 is 1.76 bits per heavy atom. The number of rotatable bonds is 14. The molecule has 0 aromatic heterocycles. The number of aliphatic hydroxyl groups is 2. The molecule has 2 N–H and O–H groups in total. The van der Waals surface area contributed by atoms with E-state index in [4.69, 9.17) is 14.2 Å². The molecule has 0 amide bonds. The predicted octanol–water partition coefficient (Wildman–Crippen LogP) is 6.55. The Morgan fingerprint density at radius 1 is 1.02 bits per heavy atom. The van der Waals surface area contributed by atoms with Crippen molar-refractivity contribution in [1.29, 1.82) is 0 Å². The van der Waals surface area contributed by atoms with Crippen LogP contribution in [0.15, 0.2) is 24.3 Å². The van der Waals surface area contributed by atoms with Gasteiger partial charge in [-0.05, 0) is 141 Å². The maximum absolute atomic E-state index is 13.0. The second-order valence-electron chi connectivity index (χ2n) is 15.6. The Bertz CT molecular complexity index is 1370. The first-order valence-corrected chi connectivity index (χ1v) is 18.2. The van der Waals surface area contributed by atoms with Crippen molar-refractivity contribution in [2.45, 2.75) is 110 Å². The third kappa shape index (κ3) is 8.25. The second kappa shape index (κ2) is 15.8. The molecule has 11 heteroatoms. The highest BCUT2D eigenvalue weighted by Crippen LogP contribution is 2.68. The second-order valence-corrected chi connectivity index (χ2v) is 15.6. The number of fused-ring (bicyclic) bond motifs is 5. The maximum atomic E-state index is 13.0. The summed E-state index contributed by atoms with van der Waals surface area (Å²) in [4.78, 5) is 39.4. The van der Waals surface area contributed by atoms with Gasteiger partial charge < -0.3 is 29.3 Å². The van der Waals surface area contributed by atoms with E-state index in [0.29, 0.717) is 71.8 Å². The molecule has 11 nitrogen and oxygen atoms in total. The summed E-state index contributed by atoms with van der Waals surface area (Å²) in [6.45, 7) is 7.24. The summed E-state index contributed by atoms with van der Waals surface area (Å²) in [6.07, 6.45) is 12.3. The van der Waals surface area contributed by atoms with Gasteiger partial charge in [-0.3, -0.25) is 4.79 Å². The quantitative estimate of drug-likeness (QED) is 0.0550. The van der Waals surface area contributed by atoms with Crippen LogP contribution in [0.3, 0.4) is 0 Å². The van der Waals surface area contributed by atoms with E-state index in [1.54, 1.807) is 24.3 Å². The molecule has 4 fully saturated rings. The highest BCUT2D eigenvalue weighted by Gasteiger charge is 2.62. The zero-order valence-corrected chi connectivity index (χ0v) is 29.5. The Kier molecular flexibility index (Phi) is 12.0. The predicted molar refractivity (Wildman–Crippen MR) is 182 cm³/mol. The summed E-state index contributed by atoms with van der Waals surface area (Å²) in [5, 5.41) is 31.2. The first kappa shape index (κ1) is 37.1. The zero-order chi connectivity index (χ0) is 35.3. The van der Waals surface area contributed by atoms with Crippen LogP contribution in [0.4, 0.5) is 0 Å². The molecule has 10 atom stereocenters. The van der Waals surface area contributed by atoms with Crippen LogP contribution in [0.1, 0.15) is 103 Å². The summed E-state index contributed by atoms with van der Waals surface area (Å²) >= 11 is 0. The molecule has 4 saturated carbocycles. The standard InChI is InChI=1S/C38H55NO10/c1-24(28-10-11-29-36-30(16-18-38(28,29)3)37(2)17-15-27(40)22-26(37)23-31(36)41)7-13-35(43)49-32-12-8-25(21-33(32)46-4)9-14-34(42)47-19-5-6-20-48-39(44)45/h8-9,12,14,21,24,26-31,36,40-41H,5-7,10-11,13,15-20,22-23H2,1-4H3/t24?,26?,27-,28-,29?,30?,31?,36?,37?,38?/m1/s1. The van der Waals surface area contributed by atoms with Crippen molar-refractivity contribution in [2.75, 3.05) is 20.3 Å². The van der Waals surface area contributed by atoms with E-state index in [-0.39, 0.29) is 42.2 Å². The van der Waals surface area contributed by atoms with Crippen molar-refractivity contribution in [2.24, 2.45) is 46.3 Å². The number of carbonyl (C=O) groups is 2. The lowest BCUT2D eigenvalue weighted by atomic mass is 9.43. The van der Waals surface area contributed by atoms with E-state index in [1.165, 1.54) is 13.2 Å². The molecule has 0 saturated heterocycles. The van der Waals surface area contributed by atoms with Crippen LogP contribution in [0.5, 0.6) is 11.5 Å². The molecule has 0 spiro atoms. The van der Waals surface area contributed by atoms with Crippen molar-refractivity contribution < 1.29 is 43.9 Å². The Labute approximate surface area is 289 Å². The van der Waals surface area contributed by atoms with Crippen LogP contribution >= 0.6 is 0 Å². The maximum Gasteiger partial charge on any atom is 0.330 e. The fraction of sp³-hybridized carbons (Fsp3) is 0.737. The Hall–Kier alpha value is -3.18. The number of esters is 2. The van der Waals surface area contributed by atoms with E-state index < -0.39 is 11.1 Å². The Balaban J connectivity index is 1.11. The number of ether oxygens (including phenoxy) is 3. The molecule has 0 aliphatic heterocycles. The van der Waals surface area contributed by atoms with Gasteiger partial charge in [0.2, 0.25) is 0 Å². The van der Waals surface area contributed by atoms with Gasteiger partial charge in [0.05, 0.1) is 32.5 Å². The first-order chi connectivity index (χ1) is 23.4. The SMILES string of the molecule is COc1cc(C=CC(=O)OCCCCO[N+](=O)[O-])ccc1OC(=O)CCC(C)[C@H]1CCC2C3C(O)CC4C[C@H](O)CCC4(C)C3CCC21C. The number of hydrogen-bond donors (Lipinski definition) is 2. The van der Waals surface area contributed by atoms with Crippen LogP contribution in [-0.2, 0) is 19.2 Å². The van der Waals surface area contributed by atoms with Gasteiger partial charge >= 0.3 is 11.9 Å². The van der Waals surface area contributed by atoms with Gasteiger partial charge in [0, 0.05) is 12.5 Å². The molecule has 8 unspecified atom stereocenters. The number of hydrogen-bond acceptors (Lipinski definition) is 10. The molecular weight excluding hydrogens is 630 g/mol. The summed E-state index contributed by atoms with van der Waals surface area (Å²) in [5.41, 5.74) is 1.02. The lowest BCUT2D eigenvalue weighted by molar-refractivity contribution is -0.757. The summed E-state index contributed by atoms with van der Waals surface area (Å²) in [5.74, 6) is 2.41. The van der Waals surface area contributed by atoms with E-state index in [2.05, 4.69) is 25.6 Å². The molecule has 4 aliphatic carbocycles. The van der Waals surface area contributed by atoms with Crippen LogP contribution < -0.4 is 9.47 Å². The molecule has 0 bridgehead atoms. The smallest absolute Gasteiger partial charge is 0.330 e. The van der Waals surface area contributed by atoms with Crippen molar-refractivity contribution >= 4 is 18.0 Å². The summed E-state index contributed by atoms with van der Waals surface area (Å²) in [6, 6.07) is 5.05. The molecule has 1 aromatic carbocycles. The molecule has 5 rings (SSSR count). The van der Waals surface area contributed by atoms with Gasteiger partial charge in [-0.15, -0.1) is 10.1 Å². The molecule has 1 aromatic rings. The van der Waals surface area contributed by atoms with Gasteiger partial charge in [0.1, 0.15) is 0 Å². The molecule has 49 heavy (non-hydrogen) atoms. The average Bonchev–Trinajstić information content (AvgIpc) is 3.42. The van der Waals surface area contributed by atoms with Gasteiger partial charge in [-0.2, -0.15) is 0 Å². The first-order valence-electron chi connectivity index (χ1n) is 18.2. The zero-order valence-electron chi connectivity index (χ0n) is 29.5. The number of methoxy groups -OCH3 is 1. The van der Waals surface area contributed by atoms with Gasteiger partial charge in [0.25, 0.3) is 5.09 Å². The van der Waals surface area contributed by atoms with Gasteiger partial charge in [-0.25, -0.2) is 4.79 Å². The normalized spacial score (nSPS) is 34.3. The number of benzene rings is 1. The van der Waals surface area contributed by atoms with Crippen LogP contribution in [0.25, 0.3) is 6.08 Å². The fourth-order valence-corrected chi connectivity index (χ4v) is 10.5. The molecule has 272 valence electrons. The Morgan fingerprint density at radius 3 is 2.51 bits per heavy atom. The van der Waals surface area contributed by atoms with E-state index >= 15 is 0 Å². The minimum Gasteiger partial charge on any atom is -0.493 e. The van der Waals surface area contributed by atoms with E-state index in [0.717, 1.165) is 57.8 Å². The van der Waals surface area contributed by atoms with Crippen molar-refractivity contribution in [1.82, 2.24) is 0 Å². The minimum atomic E-state index is -0.853. The lowest BCUT2D eigenvalue weighted by Gasteiger charge is -2.62. The summed E-state index contributed by atoms with van der Waals surface area (Å²) in [7, 11) is 1.49. The number of aliphatic hydroxyl groups excluding tert-OH is 2. The molecule has 0 heterocycles. The molecule has 0 radical (unpaired) electrons. The lowest BCUT2D eigenvalue weighted by Crippen LogP contribution is -2.58. The van der Waals surface area contributed by atoms with Gasteiger partial charge in [-0.1, -0.05) is 26.8 Å². The van der Waals surface area contributed by atoms with Crippen molar-refractivity contribution in [3.63, 3.8) is 0 Å².